The van der Waals surface area contributed by atoms with Crippen LogP contribution in [-0.2, 0) is 4.74 Å². The predicted octanol–water partition coefficient (Wildman–Crippen LogP) is 4.21. The SMILES string of the molecule is C[C@H](CN1CCN(CCOCCO)CC1)CN1c2ccccc2Sc2ccc(Cl)cc21. The minimum absolute atomic E-state index is 0.0997. The van der Waals surface area contributed by atoms with E-state index in [0.717, 1.165) is 50.8 Å². The number of hydrogen-bond donors (Lipinski definition) is 1. The third-order valence-corrected chi connectivity index (χ3v) is 7.27. The number of halogens is 1. The van der Waals surface area contributed by atoms with E-state index in [4.69, 9.17) is 21.4 Å². The van der Waals surface area contributed by atoms with Crippen molar-refractivity contribution in [2.24, 2.45) is 5.92 Å². The van der Waals surface area contributed by atoms with E-state index in [0.29, 0.717) is 19.1 Å². The van der Waals surface area contributed by atoms with Gasteiger partial charge in [-0.2, -0.15) is 0 Å². The predicted molar refractivity (Wildman–Crippen MR) is 129 cm³/mol. The van der Waals surface area contributed by atoms with Crippen molar-refractivity contribution in [3.8, 4) is 0 Å². The van der Waals surface area contributed by atoms with Crippen LogP contribution in [0.4, 0.5) is 11.4 Å². The number of nitrogens with zero attached hydrogens (tertiary/aromatic N) is 3. The summed E-state index contributed by atoms with van der Waals surface area (Å²) in [5.41, 5.74) is 2.50. The lowest BCUT2D eigenvalue weighted by atomic mass is 10.1. The van der Waals surface area contributed by atoms with Crippen LogP contribution in [0.2, 0.25) is 5.02 Å². The summed E-state index contributed by atoms with van der Waals surface area (Å²) in [4.78, 5) is 10.1. The first-order valence-electron chi connectivity index (χ1n) is 11.1. The third-order valence-electron chi connectivity index (χ3n) is 5.90. The summed E-state index contributed by atoms with van der Waals surface area (Å²) < 4.78 is 5.41. The number of rotatable bonds is 9. The number of benzene rings is 2. The zero-order valence-electron chi connectivity index (χ0n) is 18.2. The zero-order chi connectivity index (χ0) is 21.6. The van der Waals surface area contributed by atoms with Crippen LogP contribution >= 0.6 is 23.4 Å². The van der Waals surface area contributed by atoms with Gasteiger partial charge in [0.1, 0.15) is 0 Å². The zero-order valence-corrected chi connectivity index (χ0v) is 19.7. The molecule has 31 heavy (non-hydrogen) atoms. The van der Waals surface area contributed by atoms with Crippen LogP contribution in [0.15, 0.2) is 52.3 Å². The van der Waals surface area contributed by atoms with Crippen LogP contribution in [0.1, 0.15) is 6.92 Å². The molecule has 1 fully saturated rings. The van der Waals surface area contributed by atoms with Crippen LogP contribution < -0.4 is 4.90 Å². The maximum absolute atomic E-state index is 8.80. The Labute approximate surface area is 194 Å². The molecule has 0 unspecified atom stereocenters. The van der Waals surface area contributed by atoms with Gasteiger partial charge in [-0.25, -0.2) is 0 Å². The standard InChI is InChI=1S/C24H32ClN3O2S/c1-19(17-27-10-8-26(9-11-27)12-14-30-15-13-29)18-28-21-4-2-3-5-23(21)31-24-7-6-20(25)16-22(24)28/h2-7,16,19,29H,8-15,17-18H2,1H3/t19-/m1/s1. The Kier molecular flexibility index (Phi) is 8.15. The molecule has 5 nitrogen and oxygen atoms in total. The lowest BCUT2D eigenvalue weighted by molar-refractivity contribution is 0.0555. The van der Waals surface area contributed by atoms with E-state index >= 15 is 0 Å². The van der Waals surface area contributed by atoms with E-state index in [9.17, 15) is 0 Å². The maximum Gasteiger partial charge on any atom is 0.0698 e. The first-order chi connectivity index (χ1) is 15.1. The Bertz CT molecular complexity index is 860. The molecule has 2 aromatic rings. The number of ether oxygens (including phenoxy) is 1. The molecule has 0 spiro atoms. The summed E-state index contributed by atoms with van der Waals surface area (Å²) in [5.74, 6) is 0.530. The summed E-state index contributed by atoms with van der Waals surface area (Å²) in [5, 5.41) is 9.59. The van der Waals surface area contributed by atoms with Gasteiger partial charge in [0.2, 0.25) is 0 Å². The third kappa shape index (κ3) is 5.95. The van der Waals surface area contributed by atoms with Crippen molar-refractivity contribution in [3.05, 3.63) is 47.5 Å². The molecule has 0 aromatic heterocycles. The van der Waals surface area contributed by atoms with E-state index < -0.39 is 0 Å². The molecule has 0 amide bonds. The molecule has 2 heterocycles. The lowest BCUT2D eigenvalue weighted by Crippen LogP contribution is -2.49. The van der Waals surface area contributed by atoms with Crippen LogP contribution in [0.3, 0.4) is 0 Å². The smallest absolute Gasteiger partial charge is 0.0698 e. The second-order valence-electron chi connectivity index (χ2n) is 8.38. The van der Waals surface area contributed by atoms with Gasteiger partial charge in [-0.1, -0.05) is 42.4 Å². The number of aliphatic hydroxyl groups is 1. The van der Waals surface area contributed by atoms with Gasteiger partial charge < -0.3 is 19.6 Å². The van der Waals surface area contributed by atoms with Gasteiger partial charge >= 0.3 is 0 Å². The first-order valence-corrected chi connectivity index (χ1v) is 12.3. The number of para-hydroxylation sites is 1. The van der Waals surface area contributed by atoms with Gasteiger partial charge in [-0.05, 0) is 36.2 Å². The molecule has 7 heteroatoms. The number of hydrogen-bond acceptors (Lipinski definition) is 6. The summed E-state index contributed by atoms with van der Waals surface area (Å²) in [6.07, 6.45) is 0. The number of aliphatic hydroxyl groups excluding tert-OH is 1. The molecule has 0 bridgehead atoms. The van der Waals surface area contributed by atoms with Crippen molar-refractivity contribution in [1.82, 2.24) is 9.80 Å². The normalized spacial score (nSPS) is 18.0. The highest BCUT2D eigenvalue weighted by atomic mass is 35.5. The van der Waals surface area contributed by atoms with Crippen LogP contribution in [0.5, 0.6) is 0 Å². The summed E-state index contributed by atoms with van der Waals surface area (Å²) >= 11 is 8.19. The summed E-state index contributed by atoms with van der Waals surface area (Å²) in [6, 6.07) is 14.9. The molecule has 4 rings (SSSR count). The molecule has 0 radical (unpaired) electrons. The Morgan fingerprint density at radius 2 is 1.71 bits per heavy atom. The van der Waals surface area contributed by atoms with E-state index in [1.54, 1.807) is 0 Å². The molecule has 2 aliphatic rings. The molecule has 1 atom stereocenters. The quantitative estimate of drug-likeness (QED) is 0.564. The molecule has 0 saturated carbocycles. The molecule has 0 aliphatic carbocycles. The maximum atomic E-state index is 8.80. The molecule has 1 saturated heterocycles. The van der Waals surface area contributed by atoms with Crippen molar-refractivity contribution in [2.45, 2.75) is 16.7 Å². The van der Waals surface area contributed by atoms with Crippen molar-refractivity contribution in [3.63, 3.8) is 0 Å². The van der Waals surface area contributed by atoms with Crippen molar-refractivity contribution < 1.29 is 9.84 Å². The molecule has 2 aliphatic heterocycles. The van der Waals surface area contributed by atoms with Crippen molar-refractivity contribution >= 4 is 34.7 Å². The van der Waals surface area contributed by atoms with E-state index in [1.807, 2.05) is 17.8 Å². The van der Waals surface area contributed by atoms with E-state index in [1.165, 1.54) is 21.2 Å². The number of fused-ring (bicyclic) bond motifs is 2. The molecule has 1 N–H and O–H groups in total. The Morgan fingerprint density at radius 1 is 0.968 bits per heavy atom. The summed E-state index contributed by atoms with van der Waals surface area (Å²) in [7, 11) is 0. The van der Waals surface area contributed by atoms with Gasteiger partial charge in [-0.3, -0.25) is 4.90 Å². The molecular weight excluding hydrogens is 430 g/mol. The molecule has 2 aromatic carbocycles. The Hall–Kier alpha value is -1.28. The monoisotopic (exact) mass is 461 g/mol. The highest BCUT2D eigenvalue weighted by Crippen LogP contribution is 2.48. The van der Waals surface area contributed by atoms with Crippen LogP contribution in [0, 0.1) is 5.92 Å². The Morgan fingerprint density at radius 3 is 2.52 bits per heavy atom. The fourth-order valence-corrected chi connectivity index (χ4v) is 5.61. The van der Waals surface area contributed by atoms with Crippen molar-refractivity contribution in [1.29, 1.82) is 0 Å². The van der Waals surface area contributed by atoms with Crippen LogP contribution in [0.25, 0.3) is 0 Å². The topological polar surface area (TPSA) is 39.2 Å². The fraction of sp³-hybridized carbons (Fsp3) is 0.500. The molecule has 168 valence electrons. The molecular formula is C24H32ClN3O2S. The fourth-order valence-electron chi connectivity index (χ4n) is 4.37. The van der Waals surface area contributed by atoms with Gasteiger partial charge in [-0.15, -0.1) is 0 Å². The second kappa shape index (κ2) is 11.0. The second-order valence-corrected chi connectivity index (χ2v) is 9.90. The van der Waals surface area contributed by atoms with Gasteiger partial charge in [0.05, 0.1) is 31.2 Å². The van der Waals surface area contributed by atoms with E-state index in [2.05, 4.69) is 58.0 Å². The summed E-state index contributed by atoms with van der Waals surface area (Å²) in [6.45, 7) is 11.0. The highest BCUT2D eigenvalue weighted by Gasteiger charge is 2.26. The first kappa shape index (κ1) is 22.9. The average Bonchev–Trinajstić information content (AvgIpc) is 2.78. The number of anilines is 2. The van der Waals surface area contributed by atoms with Gasteiger partial charge in [0, 0.05) is 60.6 Å². The number of piperazine rings is 1. The van der Waals surface area contributed by atoms with Gasteiger partial charge in [0.25, 0.3) is 0 Å². The minimum atomic E-state index is 0.0997. The Balaban J connectivity index is 1.34. The van der Waals surface area contributed by atoms with Gasteiger partial charge in [0.15, 0.2) is 0 Å². The minimum Gasteiger partial charge on any atom is -0.394 e. The largest absolute Gasteiger partial charge is 0.394 e. The lowest BCUT2D eigenvalue weighted by Gasteiger charge is -2.38. The van der Waals surface area contributed by atoms with Crippen LogP contribution in [-0.4, -0.2) is 80.5 Å². The van der Waals surface area contributed by atoms with E-state index in [-0.39, 0.29) is 6.61 Å². The highest BCUT2D eigenvalue weighted by molar-refractivity contribution is 7.99. The van der Waals surface area contributed by atoms with Crippen molar-refractivity contribution in [2.75, 3.05) is 70.5 Å². The average molecular weight is 462 g/mol.